The van der Waals surface area contributed by atoms with Crippen LogP contribution in [-0.2, 0) is 6.54 Å². The summed E-state index contributed by atoms with van der Waals surface area (Å²) in [7, 11) is 1.71. The molecular weight excluding hydrogens is 186 g/mol. The normalized spacial score (nSPS) is 15.0. The van der Waals surface area contributed by atoms with Gasteiger partial charge in [0.2, 0.25) is 0 Å². The molecule has 2 heteroatoms. The molecule has 1 fully saturated rings. The average molecular weight is 203 g/mol. The summed E-state index contributed by atoms with van der Waals surface area (Å²) in [5.74, 6) is 0.953. The van der Waals surface area contributed by atoms with Gasteiger partial charge in [-0.1, -0.05) is 18.7 Å². The Morgan fingerprint density at radius 3 is 2.93 bits per heavy atom. The monoisotopic (exact) mass is 203 g/mol. The Morgan fingerprint density at radius 1 is 1.53 bits per heavy atom. The lowest BCUT2D eigenvalue weighted by atomic mass is 10.1. The van der Waals surface area contributed by atoms with E-state index in [1.807, 2.05) is 18.2 Å². The van der Waals surface area contributed by atoms with Crippen molar-refractivity contribution in [3.05, 3.63) is 35.9 Å². The molecule has 0 radical (unpaired) electrons. The Hall–Kier alpha value is -1.28. The molecule has 1 saturated carbocycles. The fourth-order valence-electron chi connectivity index (χ4n) is 1.61. The number of methoxy groups -OCH3 is 1. The zero-order valence-corrected chi connectivity index (χ0v) is 9.12. The summed E-state index contributed by atoms with van der Waals surface area (Å²) in [6.45, 7) is 4.66. The molecule has 1 aliphatic rings. The molecule has 1 aromatic rings. The van der Waals surface area contributed by atoms with E-state index in [4.69, 9.17) is 4.74 Å². The second kappa shape index (κ2) is 4.49. The van der Waals surface area contributed by atoms with Gasteiger partial charge in [-0.15, -0.1) is 0 Å². The summed E-state index contributed by atoms with van der Waals surface area (Å²) in [5, 5.41) is 3.48. The number of nitrogens with one attached hydrogen (secondary N) is 1. The van der Waals surface area contributed by atoms with Crippen molar-refractivity contribution in [2.24, 2.45) is 0 Å². The molecule has 1 N–H and O–H groups in total. The quantitative estimate of drug-likeness (QED) is 0.794. The van der Waals surface area contributed by atoms with Crippen LogP contribution in [0.4, 0.5) is 0 Å². The third-order valence-electron chi connectivity index (χ3n) is 2.70. The fourth-order valence-corrected chi connectivity index (χ4v) is 1.61. The van der Waals surface area contributed by atoms with E-state index in [0.29, 0.717) is 0 Å². The third-order valence-corrected chi connectivity index (χ3v) is 2.70. The maximum atomic E-state index is 5.32. The van der Waals surface area contributed by atoms with Crippen LogP contribution in [0.5, 0.6) is 5.75 Å². The Balaban J connectivity index is 2.12. The molecule has 80 valence electrons. The minimum absolute atomic E-state index is 0.724. The van der Waals surface area contributed by atoms with Crippen LogP contribution in [0.3, 0.4) is 0 Å². The van der Waals surface area contributed by atoms with Crippen LogP contribution >= 0.6 is 0 Å². The molecule has 2 nitrogen and oxygen atoms in total. The van der Waals surface area contributed by atoms with Gasteiger partial charge in [0.15, 0.2) is 0 Å². The maximum Gasteiger partial charge on any atom is 0.123 e. The van der Waals surface area contributed by atoms with Crippen LogP contribution in [0.2, 0.25) is 0 Å². The first-order chi connectivity index (χ1) is 7.33. The molecule has 0 unspecified atom stereocenters. The molecule has 0 bridgehead atoms. The van der Waals surface area contributed by atoms with Gasteiger partial charge in [-0.3, -0.25) is 0 Å². The Labute approximate surface area is 91.0 Å². The summed E-state index contributed by atoms with van der Waals surface area (Å²) in [4.78, 5) is 0. The molecular formula is C13H17NO. The van der Waals surface area contributed by atoms with E-state index < -0.39 is 0 Å². The van der Waals surface area contributed by atoms with Crippen LogP contribution in [0.15, 0.2) is 24.8 Å². The van der Waals surface area contributed by atoms with Crippen molar-refractivity contribution in [3.63, 3.8) is 0 Å². The highest BCUT2D eigenvalue weighted by Gasteiger charge is 2.20. The molecule has 0 amide bonds. The lowest BCUT2D eigenvalue weighted by molar-refractivity contribution is 0.407. The number of rotatable bonds is 5. The molecule has 0 spiro atoms. The van der Waals surface area contributed by atoms with Gasteiger partial charge < -0.3 is 10.1 Å². The zero-order valence-electron chi connectivity index (χ0n) is 9.12. The maximum absolute atomic E-state index is 5.32. The first kappa shape index (κ1) is 10.2. The number of benzene rings is 1. The van der Waals surface area contributed by atoms with Crippen LogP contribution in [0.25, 0.3) is 6.08 Å². The standard InChI is InChI=1S/C13H17NO/c1-3-10-4-7-13(15-2)11(8-10)9-14-12-5-6-12/h3-4,7-8,12,14H,1,5-6,9H2,2H3. The van der Waals surface area contributed by atoms with Crippen molar-refractivity contribution in [1.29, 1.82) is 0 Å². The zero-order chi connectivity index (χ0) is 10.7. The fraction of sp³-hybridized carbons (Fsp3) is 0.385. The van der Waals surface area contributed by atoms with Crippen molar-refractivity contribution in [1.82, 2.24) is 5.32 Å². The van der Waals surface area contributed by atoms with E-state index in [9.17, 15) is 0 Å². The number of hydrogen-bond donors (Lipinski definition) is 1. The molecule has 1 aromatic carbocycles. The predicted molar refractivity (Wildman–Crippen MR) is 62.9 cm³/mol. The highest BCUT2D eigenvalue weighted by molar-refractivity contribution is 5.51. The lowest BCUT2D eigenvalue weighted by Crippen LogP contribution is -2.15. The van der Waals surface area contributed by atoms with Crippen LogP contribution in [0, 0.1) is 0 Å². The number of hydrogen-bond acceptors (Lipinski definition) is 2. The average Bonchev–Trinajstić information content (AvgIpc) is 3.09. The van der Waals surface area contributed by atoms with E-state index >= 15 is 0 Å². The van der Waals surface area contributed by atoms with Gasteiger partial charge in [0.1, 0.15) is 5.75 Å². The predicted octanol–water partition coefficient (Wildman–Crippen LogP) is 2.59. The SMILES string of the molecule is C=Cc1ccc(OC)c(CNC2CC2)c1. The summed E-state index contributed by atoms with van der Waals surface area (Å²) in [6.07, 6.45) is 4.48. The molecule has 0 heterocycles. The van der Waals surface area contributed by atoms with Crippen molar-refractivity contribution in [2.45, 2.75) is 25.4 Å². The van der Waals surface area contributed by atoms with Crippen LogP contribution < -0.4 is 10.1 Å². The van der Waals surface area contributed by atoms with Gasteiger partial charge >= 0.3 is 0 Å². The van der Waals surface area contributed by atoms with E-state index in [1.165, 1.54) is 18.4 Å². The van der Waals surface area contributed by atoms with Crippen molar-refractivity contribution in [2.75, 3.05) is 7.11 Å². The minimum Gasteiger partial charge on any atom is -0.496 e. The third kappa shape index (κ3) is 2.60. The summed E-state index contributed by atoms with van der Waals surface area (Å²) >= 11 is 0. The molecule has 1 aliphatic carbocycles. The second-order valence-corrected chi connectivity index (χ2v) is 3.93. The van der Waals surface area contributed by atoms with E-state index in [0.717, 1.165) is 23.9 Å². The van der Waals surface area contributed by atoms with Crippen molar-refractivity contribution in [3.8, 4) is 5.75 Å². The first-order valence-electron chi connectivity index (χ1n) is 5.36. The molecule has 2 rings (SSSR count). The summed E-state index contributed by atoms with van der Waals surface area (Å²) in [5.41, 5.74) is 2.35. The smallest absolute Gasteiger partial charge is 0.123 e. The highest BCUT2D eigenvalue weighted by atomic mass is 16.5. The van der Waals surface area contributed by atoms with Gasteiger partial charge in [0.25, 0.3) is 0 Å². The summed E-state index contributed by atoms with van der Waals surface area (Å²) in [6, 6.07) is 6.87. The molecule has 0 saturated heterocycles. The molecule has 0 aliphatic heterocycles. The first-order valence-corrected chi connectivity index (χ1v) is 5.36. The van der Waals surface area contributed by atoms with Crippen LogP contribution in [-0.4, -0.2) is 13.2 Å². The molecule has 15 heavy (non-hydrogen) atoms. The van der Waals surface area contributed by atoms with Crippen molar-refractivity contribution < 1.29 is 4.74 Å². The van der Waals surface area contributed by atoms with Gasteiger partial charge in [0, 0.05) is 18.2 Å². The Kier molecular flexibility index (Phi) is 3.07. The largest absolute Gasteiger partial charge is 0.496 e. The van der Waals surface area contributed by atoms with Gasteiger partial charge in [-0.2, -0.15) is 0 Å². The van der Waals surface area contributed by atoms with Gasteiger partial charge in [-0.25, -0.2) is 0 Å². The molecule has 0 aromatic heterocycles. The lowest BCUT2D eigenvalue weighted by Gasteiger charge is -2.10. The van der Waals surface area contributed by atoms with Crippen molar-refractivity contribution >= 4 is 6.08 Å². The Bertz CT molecular complexity index is 356. The van der Waals surface area contributed by atoms with E-state index in [2.05, 4.69) is 18.0 Å². The molecule has 0 atom stereocenters. The van der Waals surface area contributed by atoms with Crippen LogP contribution in [0.1, 0.15) is 24.0 Å². The topological polar surface area (TPSA) is 21.3 Å². The van der Waals surface area contributed by atoms with E-state index in [-0.39, 0.29) is 0 Å². The second-order valence-electron chi connectivity index (χ2n) is 3.93. The summed E-state index contributed by atoms with van der Waals surface area (Å²) < 4.78 is 5.32. The minimum atomic E-state index is 0.724. The van der Waals surface area contributed by atoms with E-state index in [1.54, 1.807) is 7.11 Å². The van der Waals surface area contributed by atoms with Gasteiger partial charge in [-0.05, 0) is 30.5 Å². The van der Waals surface area contributed by atoms with Gasteiger partial charge in [0.05, 0.1) is 7.11 Å². The Morgan fingerprint density at radius 2 is 2.33 bits per heavy atom. The highest BCUT2D eigenvalue weighted by Crippen LogP contribution is 2.23. The number of ether oxygens (including phenoxy) is 1.